The molecule has 0 aliphatic rings. The van der Waals surface area contributed by atoms with Crippen molar-refractivity contribution >= 4 is 27.3 Å². The van der Waals surface area contributed by atoms with Crippen LogP contribution >= 0.6 is 27.3 Å². The molecule has 1 nitrogen and oxygen atoms in total. The third-order valence-corrected chi connectivity index (χ3v) is 4.95. The first-order valence-electron chi connectivity index (χ1n) is 5.78. The van der Waals surface area contributed by atoms with Crippen molar-refractivity contribution in [2.24, 2.45) is 5.73 Å². The van der Waals surface area contributed by atoms with Crippen LogP contribution < -0.4 is 5.73 Å². The SMILES string of the molecule is NCC(CCc1sccc1Br)c1ccccc1. The van der Waals surface area contributed by atoms with Crippen molar-refractivity contribution in [2.75, 3.05) is 6.54 Å². The summed E-state index contributed by atoms with van der Waals surface area (Å²) in [6.45, 7) is 0.715. The van der Waals surface area contributed by atoms with Crippen LogP contribution in [-0.2, 0) is 6.42 Å². The molecule has 2 aromatic rings. The Bertz CT molecular complexity index is 452. The van der Waals surface area contributed by atoms with Gasteiger partial charge in [0.15, 0.2) is 0 Å². The molecule has 2 N–H and O–H groups in total. The zero-order valence-electron chi connectivity index (χ0n) is 9.60. The minimum Gasteiger partial charge on any atom is -0.330 e. The van der Waals surface area contributed by atoms with E-state index in [0.717, 1.165) is 12.8 Å². The monoisotopic (exact) mass is 309 g/mol. The molecule has 1 atom stereocenters. The molecule has 0 saturated carbocycles. The fourth-order valence-electron chi connectivity index (χ4n) is 1.95. The van der Waals surface area contributed by atoms with E-state index in [4.69, 9.17) is 5.73 Å². The predicted molar refractivity (Wildman–Crippen MR) is 78.6 cm³/mol. The maximum Gasteiger partial charge on any atom is 0.0314 e. The molecule has 1 unspecified atom stereocenters. The molecule has 17 heavy (non-hydrogen) atoms. The molecule has 0 amide bonds. The van der Waals surface area contributed by atoms with Crippen LogP contribution in [-0.4, -0.2) is 6.54 Å². The molecule has 1 aromatic carbocycles. The van der Waals surface area contributed by atoms with E-state index in [0.29, 0.717) is 12.5 Å². The summed E-state index contributed by atoms with van der Waals surface area (Å²) in [5, 5.41) is 2.12. The number of benzene rings is 1. The van der Waals surface area contributed by atoms with E-state index in [-0.39, 0.29) is 0 Å². The fraction of sp³-hybridized carbons (Fsp3) is 0.286. The maximum absolute atomic E-state index is 5.87. The number of rotatable bonds is 5. The van der Waals surface area contributed by atoms with Crippen molar-refractivity contribution in [3.8, 4) is 0 Å². The Labute approximate surface area is 115 Å². The van der Waals surface area contributed by atoms with Crippen LogP contribution in [0.15, 0.2) is 46.3 Å². The highest BCUT2D eigenvalue weighted by atomic mass is 79.9. The van der Waals surface area contributed by atoms with Gasteiger partial charge in [-0.3, -0.25) is 0 Å². The second kappa shape index (κ2) is 6.34. The lowest BCUT2D eigenvalue weighted by molar-refractivity contribution is 0.636. The van der Waals surface area contributed by atoms with Crippen LogP contribution in [0.3, 0.4) is 0 Å². The van der Waals surface area contributed by atoms with E-state index in [1.165, 1.54) is 14.9 Å². The van der Waals surface area contributed by atoms with Crippen molar-refractivity contribution < 1.29 is 0 Å². The highest BCUT2D eigenvalue weighted by Gasteiger charge is 2.10. The van der Waals surface area contributed by atoms with Crippen LogP contribution in [0.1, 0.15) is 22.8 Å². The summed E-state index contributed by atoms with van der Waals surface area (Å²) >= 11 is 5.38. The quantitative estimate of drug-likeness (QED) is 0.880. The van der Waals surface area contributed by atoms with Gasteiger partial charge in [-0.1, -0.05) is 30.3 Å². The zero-order chi connectivity index (χ0) is 12.1. The lowest BCUT2D eigenvalue weighted by atomic mass is 9.94. The van der Waals surface area contributed by atoms with E-state index < -0.39 is 0 Å². The first-order chi connectivity index (χ1) is 8.31. The number of thiophene rings is 1. The molecule has 0 aliphatic heterocycles. The molecular formula is C14H16BrNS. The number of aryl methyl sites for hydroxylation is 1. The average molecular weight is 310 g/mol. The molecule has 0 saturated heterocycles. The first-order valence-corrected chi connectivity index (χ1v) is 7.45. The van der Waals surface area contributed by atoms with Gasteiger partial charge in [-0.25, -0.2) is 0 Å². The Balaban J connectivity index is 1.99. The van der Waals surface area contributed by atoms with Crippen LogP contribution in [0, 0.1) is 0 Å². The summed E-state index contributed by atoms with van der Waals surface area (Å²) in [6.07, 6.45) is 2.20. The predicted octanol–water partition coefficient (Wildman–Crippen LogP) is 4.19. The van der Waals surface area contributed by atoms with Gasteiger partial charge in [-0.2, -0.15) is 0 Å². The summed E-state index contributed by atoms with van der Waals surface area (Å²) in [4.78, 5) is 1.42. The minimum absolute atomic E-state index is 0.463. The van der Waals surface area contributed by atoms with Crippen LogP contribution in [0.2, 0.25) is 0 Å². The van der Waals surface area contributed by atoms with Gasteiger partial charge >= 0.3 is 0 Å². The van der Waals surface area contributed by atoms with Crippen molar-refractivity contribution in [1.82, 2.24) is 0 Å². The van der Waals surface area contributed by atoms with Gasteiger partial charge in [-0.15, -0.1) is 11.3 Å². The number of hydrogen-bond acceptors (Lipinski definition) is 2. The molecule has 0 radical (unpaired) electrons. The second-order valence-corrected chi connectivity index (χ2v) is 5.93. The van der Waals surface area contributed by atoms with E-state index >= 15 is 0 Å². The Morgan fingerprint density at radius 3 is 2.53 bits per heavy atom. The molecule has 0 fully saturated rings. The van der Waals surface area contributed by atoms with E-state index in [2.05, 4.69) is 51.6 Å². The fourth-order valence-corrected chi connectivity index (χ4v) is 3.53. The molecule has 0 aliphatic carbocycles. The van der Waals surface area contributed by atoms with E-state index in [1.807, 2.05) is 17.4 Å². The smallest absolute Gasteiger partial charge is 0.0314 e. The zero-order valence-corrected chi connectivity index (χ0v) is 12.0. The molecule has 0 spiro atoms. The van der Waals surface area contributed by atoms with Crippen molar-refractivity contribution in [1.29, 1.82) is 0 Å². The molecule has 90 valence electrons. The topological polar surface area (TPSA) is 26.0 Å². The molecule has 3 heteroatoms. The van der Waals surface area contributed by atoms with Gasteiger partial charge in [0.2, 0.25) is 0 Å². The second-order valence-electron chi connectivity index (χ2n) is 4.07. The summed E-state index contributed by atoms with van der Waals surface area (Å²) in [7, 11) is 0. The molecule has 1 heterocycles. The average Bonchev–Trinajstić information content (AvgIpc) is 2.77. The number of halogens is 1. The summed E-state index contributed by atoms with van der Waals surface area (Å²) in [5.41, 5.74) is 7.22. The Hall–Kier alpha value is -0.640. The lowest BCUT2D eigenvalue weighted by Crippen LogP contribution is -2.13. The highest BCUT2D eigenvalue weighted by molar-refractivity contribution is 9.10. The molecule has 2 rings (SSSR count). The van der Waals surface area contributed by atoms with Gasteiger partial charge < -0.3 is 5.73 Å². The largest absolute Gasteiger partial charge is 0.330 e. The third-order valence-electron chi connectivity index (χ3n) is 2.97. The maximum atomic E-state index is 5.87. The molecule has 1 aromatic heterocycles. The van der Waals surface area contributed by atoms with Crippen molar-refractivity contribution in [2.45, 2.75) is 18.8 Å². The van der Waals surface area contributed by atoms with Crippen molar-refractivity contribution in [3.63, 3.8) is 0 Å². The highest BCUT2D eigenvalue weighted by Crippen LogP contribution is 2.27. The summed E-state index contributed by atoms with van der Waals surface area (Å²) in [6, 6.07) is 12.7. The Kier molecular flexibility index (Phi) is 4.77. The van der Waals surface area contributed by atoms with Gasteiger partial charge in [0.25, 0.3) is 0 Å². The van der Waals surface area contributed by atoms with E-state index in [1.54, 1.807) is 0 Å². The van der Waals surface area contributed by atoms with Crippen molar-refractivity contribution in [3.05, 3.63) is 56.7 Å². The van der Waals surface area contributed by atoms with Crippen LogP contribution in [0.5, 0.6) is 0 Å². The molecule has 0 bridgehead atoms. The van der Waals surface area contributed by atoms with Gasteiger partial charge in [0.05, 0.1) is 0 Å². The number of hydrogen-bond donors (Lipinski definition) is 1. The molecular weight excluding hydrogens is 294 g/mol. The normalized spacial score (nSPS) is 12.6. The summed E-state index contributed by atoms with van der Waals surface area (Å²) < 4.78 is 1.23. The number of nitrogens with two attached hydrogens (primary N) is 1. The minimum atomic E-state index is 0.463. The third kappa shape index (κ3) is 3.41. The first kappa shape index (κ1) is 12.8. The van der Waals surface area contributed by atoms with E-state index in [9.17, 15) is 0 Å². The summed E-state index contributed by atoms with van der Waals surface area (Å²) in [5.74, 6) is 0.463. The van der Waals surface area contributed by atoms with Crippen LogP contribution in [0.25, 0.3) is 0 Å². The Morgan fingerprint density at radius 1 is 1.18 bits per heavy atom. The van der Waals surface area contributed by atoms with Crippen LogP contribution in [0.4, 0.5) is 0 Å². The lowest BCUT2D eigenvalue weighted by Gasteiger charge is -2.14. The van der Waals surface area contributed by atoms with Gasteiger partial charge in [0, 0.05) is 9.35 Å². The Morgan fingerprint density at radius 2 is 1.94 bits per heavy atom. The van der Waals surface area contributed by atoms with Gasteiger partial charge in [0.1, 0.15) is 0 Å². The van der Waals surface area contributed by atoms with Gasteiger partial charge in [-0.05, 0) is 58.2 Å². The standard InChI is InChI=1S/C14H16BrNS/c15-13-8-9-17-14(13)7-6-12(10-16)11-4-2-1-3-5-11/h1-5,8-9,12H,6-7,10,16H2.